The molecule has 0 radical (unpaired) electrons. The van der Waals surface area contributed by atoms with Gasteiger partial charge in [0.05, 0.1) is 5.69 Å². The Morgan fingerprint density at radius 2 is 2.00 bits per heavy atom. The summed E-state index contributed by atoms with van der Waals surface area (Å²) in [7, 11) is 0. The van der Waals surface area contributed by atoms with E-state index in [-0.39, 0.29) is 0 Å². The molecule has 1 heterocycles. The predicted molar refractivity (Wildman–Crippen MR) is 76.6 cm³/mol. The van der Waals surface area contributed by atoms with Crippen molar-refractivity contribution < 1.29 is 0 Å². The van der Waals surface area contributed by atoms with Gasteiger partial charge in [-0.2, -0.15) is 5.10 Å². The summed E-state index contributed by atoms with van der Waals surface area (Å²) in [4.78, 5) is 0. The molecule has 0 bridgehead atoms. The van der Waals surface area contributed by atoms with Crippen molar-refractivity contribution in [3.8, 4) is 11.3 Å². The smallest absolute Gasteiger partial charge is 0.0650 e. The van der Waals surface area contributed by atoms with Crippen molar-refractivity contribution in [3.05, 3.63) is 36.5 Å². The lowest BCUT2D eigenvalue weighted by Crippen LogP contribution is -2.14. The minimum Gasteiger partial charge on any atom is -0.383 e. The second-order valence-electron chi connectivity index (χ2n) is 4.74. The SMILES string of the molecule is CCCCC(C)Nc1ccc(-c2ccn[nH]2)cc1. The molecular formula is C15H21N3. The number of unbranched alkanes of at least 4 members (excludes halogenated alkanes) is 1. The van der Waals surface area contributed by atoms with Gasteiger partial charge in [0.15, 0.2) is 0 Å². The Bertz CT molecular complexity index is 445. The third-order valence-electron chi connectivity index (χ3n) is 3.10. The van der Waals surface area contributed by atoms with Gasteiger partial charge < -0.3 is 5.32 Å². The molecule has 0 spiro atoms. The number of benzene rings is 1. The van der Waals surface area contributed by atoms with Gasteiger partial charge in [0.1, 0.15) is 0 Å². The quantitative estimate of drug-likeness (QED) is 0.803. The lowest BCUT2D eigenvalue weighted by molar-refractivity contribution is 0.645. The van der Waals surface area contributed by atoms with E-state index in [9.17, 15) is 0 Å². The molecule has 0 saturated carbocycles. The third-order valence-corrected chi connectivity index (χ3v) is 3.10. The Balaban J connectivity index is 1.95. The maximum Gasteiger partial charge on any atom is 0.0650 e. The van der Waals surface area contributed by atoms with Crippen LogP contribution in [0.4, 0.5) is 5.69 Å². The molecule has 2 aromatic rings. The molecule has 0 aliphatic carbocycles. The molecule has 2 rings (SSSR count). The highest BCUT2D eigenvalue weighted by Gasteiger charge is 2.02. The number of nitrogens with one attached hydrogen (secondary N) is 2. The fourth-order valence-electron chi connectivity index (χ4n) is 2.03. The number of anilines is 1. The van der Waals surface area contributed by atoms with Gasteiger partial charge in [0, 0.05) is 17.9 Å². The first-order chi connectivity index (χ1) is 8.79. The van der Waals surface area contributed by atoms with Crippen LogP contribution in [0.5, 0.6) is 0 Å². The molecule has 3 nitrogen and oxygen atoms in total. The van der Waals surface area contributed by atoms with Crippen molar-refractivity contribution in [2.75, 3.05) is 5.32 Å². The third kappa shape index (κ3) is 3.36. The molecule has 18 heavy (non-hydrogen) atoms. The van der Waals surface area contributed by atoms with E-state index in [0.29, 0.717) is 6.04 Å². The molecule has 0 saturated heterocycles. The van der Waals surface area contributed by atoms with Crippen molar-refractivity contribution in [1.82, 2.24) is 10.2 Å². The summed E-state index contributed by atoms with van der Waals surface area (Å²) in [6, 6.07) is 11.0. The summed E-state index contributed by atoms with van der Waals surface area (Å²) >= 11 is 0. The Kier molecular flexibility index (Phi) is 4.40. The summed E-state index contributed by atoms with van der Waals surface area (Å²) < 4.78 is 0. The molecule has 1 aromatic heterocycles. The van der Waals surface area contributed by atoms with Crippen molar-refractivity contribution >= 4 is 5.69 Å². The standard InChI is InChI=1S/C15H21N3/c1-3-4-5-12(2)17-14-8-6-13(7-9-14)15-10-11-16-18-15/h6-12,17H,3-5H2,1-2H3,(H,16,18). The van der Waals surface area contributed by atoms with Crippen LogP contribution in [0.25, 0.3) is 11.3 Å². The van der Waals surface area contributed by atoms with E-state index in [1.807, 2.05) is 6.07 Å². The van der Waals surface area contributed by atoms with Crippen LogP contribution >= 0.6 is 0 Å². The van der Waals surface area contributed by atoms with Crippen LogP contribution in [0.15, 0.2) is 36.5 Å². The Morgan fingerprint density at radius 1 is 1.22 bits per heavy atom. The first kappa shape index (κ1) is 12.7. The van der Waals surface area contributed by atoms with E-state index in [2.05, 4.69) is 53.6 Å². The van der Waals surface area contributed by atoms with Gasteiger partial charge in [-0.15, -0.1) is 0 Å². The van der Waals surface area contributed by atoms with Gasteiger partial charge in [-0.05, 0) is 37.1 Å². The fraction of sp³-hybridized carbons (Fsp3) is 0.400. The molecule has 2 N–H and O–H groups in total. The van der Waals surface area contributed by atoms with E-state index >= 15 is 0 Å². The van der Waals surface area contributed by atoms with E-state index in [0.717, 1.165) is 5.69 Å². The molecule has 0 aliphatic heterocycles. The number of aromatic amines is 1. The summed E-state index contributed by atoms with van der Waals surface area (Å²) in [6.07, 6.45) is 5.53. The second kappa shape index (κ2) is 6.24. The summed E-state index contributed by atoms with van der Waals surface area (Å²) in [6.45, 7) is 4.46. The zero-order valence-electron chi connectivity index (χ0n) is 11.1. The van der Waals surface area contributed by atoms with Crippen molar-refractivity contribution in [1.29, 1.82) is 0 Å². The first-order valence-electron chi connectivity index (χ1n) is 6.66. The lowest BCUT2D eigenvalue weighted by atomic mass is 10.1. The average Bonchev–Trinajstić information content (AvgIpc) is 2.91. The molecule has 0 amide bonds. The second-order valence-corrected chi connectivity index (χ2v) is 4.74. The first-order valence-corrected chi connectivity index (χ1v) is 6.66. The van der Waals surface area contributed by atoms with Crippen molar-refractivity contribution in [3.63, 3.8) is 0 Å². The molecule has 3 heteroatoms. The van der Waals surface area contributed by atoms with Crippen LogP contribution in [-0.2, 0) is 0 Å². The zero-order valence-corrected chi connectivity index (χ0v) is 11.1. The molecule has 0 aliphatic rings. The molecular weight excluding hydrogens is 222 g/mol. The normalized spacial score (nSPS) is 12.3. The van der Waals surface area contributed by atoms with Gasteiger partial charge in [0.25, 0.3) is 0 Å². The number of aromatic nitrogens is 2. The topological polar surface area (TPSA) is 40.7 Å². The average molecular weight is 243 g/mol. The Hall–Kier alpha value is -1.77. The largest absolute Gasteiger partial charge is 0.383 e. The molecule has 0 fully saturated rings. The molecule has 1 atom stereocenters. The van der Waals surface area contributed by atoms with Crippen molar-refractivity contribution in [2.24, 2.45) is 0 Å². The van der Waals surface area contributed by atoms with Gasteiger partial charge in [0.2, 0.25) is 0 Å². The maximum atomic E-state index is 3.96. The van der Waals surface area contributed by atoms with Gasteiger partial charge >= 0.3 is 0 Å². The molecule has 1 unspecified atom stereocenters. The highest BCUT2D eigenvalue weighted by atomic mass is 15.1. The van der Waals surface area contributed by atoms with E-state index in [4.69, 9.17) is 0 Å². The minimum atomic E-state index is 0.531. The highest BCUT2D eigenvalue weighted by Crippen LogP contribution is 2.19. The zero-order chi connectivity index (χ0) is 12.8. The summed E-state index contributed by atoms with van der Waals surface area (Å²) in [5, 5.41) is 10.5. The minimum absolute atomic E-state index is 0.531. The number of hydrogen-bond donors (Lipinski definition) is 2. The Morgan fingerprint density at radius 3 is 2.61 bits per heavy atom. The highest BCUT2D eigenvalue weighted by molar-refractivity contribution is 5.62. The lowest BCUT2D eigenvalue weighted by Gasteiger charge is -2.14. The van der Waals surface area contributed by atoms with E-state index < -0.39 is 0 Å². The van der Waals surface area contributed by atoms with Gasteiger partial charge in [-0.25, -0.2) is 0 Å². The Labute approximate surface area is 109 Å². The summed E-state index contributed by atoms with van der Waals surface area (Å²) in [5.41, 5.74) is 3.40. The molecule has 1 aromatic carbocycles. The van der Waals surface area contributed by atoms with Crippen LogP contribution in [-0.4, -0.2) is 16.2 Å². The summed E-state index contributed by atoms with van der Waals surface area (Å²) in [5.74, 6) is 0. The number of H-pyrrole nitrogens is 1. The van der Waals surface area contributed by atoms with Crippen LogP contribution < -0.4 is 5.32 Å². The van der Waals surface area contributed by atoms with Crippen molar-refractivity contribution in [2.45, 2.75) is 39.2 Å². The van der Waals surface area contributed by atoms with Crippen LogP contribution in [0.3, 0.4) is 0 Å². The van der Waals surface area contributed by atoms with Gasteiger partial charge in [-0.1, -0.05) is 31.9 Å². The number of rotatable bonds is 6. The fourth-order valence-corrected chi connectivity index (χ4v) is 2.03. The molecule has 96 valence electrons. The van der Waals surface area contributed by atoms with Gasteiger partial charge in [-0.3, -0.25) is 5.10 Å². The maximum absolute atomic E-state index is 3.96. The van der Waals surface area contributed by atoms with Crippen LogP contribution in [0.1, 0.15) is 33.1 Å². The monoisotopic (exact) mass is 243 g/mol. The number of nitrogens with zero attached hydrogens (tertiary/aromatic N) is 1. The van der Waals surface area contributed by atoms with Crippen LogP contribution in [0.2, 0.25) is 0 Å². The van der Waals surface area contributed by atoms with E-state index in [1.165, 1.54) is 30.5 Å². The predicted octanol–water partition coefficient (Wildman–Crippen LogP) is 4.07. The van der Waals surface area contributed by atoms with Crippen LogP contribution in [0, 0.1) is 0 Å². The van der Waals surface area contributed by atoms with E-state index in [1.54, 1.807) is 6.20 Å². The number of hydrogen-bond acceptors (Lipinski definition) is 2.